The minimum absolute atomic E-state index is 0.249. The second-order valence-electron chi connectivity index (χ2n) is 7.24. The molecule has 170 valence electrons. The Bertz CT molecular complexity index is 795. The summed E-state index contributed by atoms with van der Waals surface area (Å²) in [5, 5.41) is 2.67. The molecule has 0 aromatic heterocycles. The van der Waals surface area contributed by atoms with Crippen LogP contribution in [0.5, 0.6) is 5.75 Å². The average molecular weight is 437 g/mol. The van der Waals surface area contributed by atoms with Crippen molar-refractivity contribution in [3.05, 3.63) is 30.3 Å². The molecule has 1 amide bonds. The molecule has 1 N–H and O–H groups in total. The SMILES string of the molecule is CC(=O)O[C@@H]1[C@@H](OC(C)=O)[C@H](Oc2ccccc2)O[C@H](C(=O)NC(C)C)[C@H]1OC(C)=O. The molecule has 1 aromatic rings. The van der Waals surface area contributed by atoms with Crippen LogP contribution in [0.15, 0.2) is 30.3 Å². The van der Waals surface area contributed by atoms with Crippen molar-refractivity contribution in [2.75, 3.05) is 0 Å². The van der Waals surface area contributed by atoms with Crippen LogP contribution >= 0.6 is 0 Å². The van der Waals surface area contributed by atoms with Gasteiger partial charge in [0.05, 0.1) is 0 Å². The van der Waals surface area contributed by atoms with Crippen LogP contribution in [0.1, 0.15) is 34.6 Å². The fourth-order valence-electron chi connectivity index (χ4n) is 3.08. The summed E-state index contributed by atoms with van der Waals surface area (Å²) in [6.45, 7) is 6.91. The average Bonchev–Trinajstić information content (AvgIpc) is 2.65. The van der Waals surface area contributed by atoms with Crippen molar-refractivity contribution >= 4 is 23.8 Å². The molecule has 1 aromatic carbocycles. The summed E-state index contributed by atoms with van der Waals surface area (Å²) in [7, 11) is 0. The minimum atomic E-state index is -1.39. The number of carbonyl (C=O) groups excluding carboxylic acids is 4. The summed E-state index contributed by atoms with van der Waals surface area (Å²) in [5.74, 6) is -2.43. The highest BCUT2D eigenvalue weighted by Gasteiger charge is 2.55. The van der Waals surface area contributed by atoms with E-state index >= 15 is 0 Å². The first-order chi connectivity index (χ1) is 14.6. The lowest BCUT2D eigenvalue weighted by atomic mass is 9.97. The first-order valence-electron chi connectivity index (χ1n) is 9.77. The van der Waals surface area contributed by atoms with Gasteiger partial charge < -0.3 is 29.0 Å². The zero-order chi connectivity index (χ0) is 23.1. The molecule has 1 fully saturated rings. The number of hydrogen-bond acceptors (Lipinski definition) is 9. The summed E-state index contributed by atoms with van der Waals surface area (Å²) in [6, 6.07) is 8.23. The van der Waals surface area contributed by atoms with Crippen LogP contribution < -0.4 is 10.1 Å². The zero-order valence-corrected chi connectivity index (χ0v) is 18.0. The number of carbonyl (C=O) groups is 4. The third kappa shape index (κ3) is 6.95. The van der Waals surface area contributed by atoms with Gasteiger partial charge in [0.2, 0.25) is 12.4 Å². The largest absolute Gasteiger partial charge is 0.461 e. The fourth-order valence-corrected chi connectivity index (χ4v) is 3.08. The Kier molecular flexibility index (Phi) is 8.38. The molecule has 10 heteroatoms. The van der Waals surface area contributed by atoms with E-state index in [1.54, 1.807) is 44.2 Å². The third-order valence-corrected chi connectivity index (χ3v) is 4.09. The van der Waals surface area contributed by atoms with E-state index in [1.165, 1.54) is 0 Å². The Labute approximate surface area is 180 Å². The van der Waals surface area contributed by atoms with E-state index in [-0.39, 0.29) is 6.04 Å². The smallest absolute Gasteiger partial charge is 0.303 e. The highest BCUT2D eigenvalue weighted by molar-refractivity contribution is 5.82. The molecule has 0 saturated carbocycles. The summed E-state index contributed by atoms with van der Waals surface area (Å²) >= 11 is 0. The van der Waals surface area contributed by atoms with Crippen molar-refractivity contribution in [3.63, 3.8) is 0 Å². The van der Waals surface area contributed by atoms with Gasteiger partial charge in [-0.2, -0.15) is 0 Å². The third-order valence-electron chi connectivity index (χ3n) is 4.09. The number of ether oxygens (including phenoxy) is 5. The molecule has 10 nitrogen and oxygen atoms in total. The molecular weight excluding hydrogens is 410 g/mol. The van der Waals surface area contributed by atoms with E-state index in [9.17, 15) is 19.2 Å². The first-order valence-corrected chi connectivity index (χ1v) is 9.77. The lowest BCUT2D eigenvalue weighted by Gasteiger charge is -2.43. The number of amides is 1. The maximum Gasteiger partial charge on any atom is 0.303 e. The number of nitrogens with one attached hydrogen (secondary N) is 1. The van der Waals surface area contributed by atoms with Crippen molar-refractivity contribution in [3.8, 4) is 5.75 Å². The van der Waals surface area contributed by atoms with Gasteiger partial charge in [-0.1, -0.05) is 18.2 Å². The standard InChI is InChI=1S/C21H27NO9/c1-11(2)22-20(26)18-16(27-12(3)23)17(28-13(4)24)19(29-14(5)25)21(31-18)30-15-9-7-6-8-10-15/h6-11,16-19,21H,1-5H3,(H,22,26)/t16-,17-,18-,19+,21+/m0/s1. The molecule has 0 aliphatic carbocycles. The van der Waals surface area contributed by atoms with Crippen molar-refractivity contribution < 1.29 is 42.9 Å². The highest BCUT2D eigenvalue weighted by Crippen LogP contribution is 2.30. The Morgan fingerprint density at radius 2 is 1.35 bits per heavy atom. The van der Waals surface area contributed by atoms with Gasteiger partial charge in [-0.05, 0) is 26.0 Å². The van der Waals surface area contributed by atoms with Gasteiger partial charge in [-0.25, -0.2) is 0 Å². The fraction of sp³-hybridized carbons (Fsp3) is 0.524. The normalized spacial score (nSPS) is 25.3. The van der Waals surface area contributed by atoms with Crippen LogP contribution in [0.4, 0.5) is 0 Å². The summed E-state index contributed by atoms with van der Waals surface area (Å²) in [4.78, 5) is 48.2. The van der Waals surface area contributed by atoms with Gasteiger partial charge in [0.25, 0.3) is 5.91 Å². The molecule has 1 aliphatic heterocycles. The number of rotatable bonds is 7. The quantitative estimate of drug-likeness (QED) is 0.493. The van der Waals surface area contributed by atoms with E-state index in [2.05, 4.69) is 5.32 Å². The van der Waals surface area contributed by atoms with E-state index in [1.807, 2.05) is 0 Å². The van der Waals surface area contributed by atoms with Gasteiger partial charge in [-0.3, -0.25) is 19.2 Å². The van der Waals surface area contributed by atoms with Crippen molar-refractivity contribution in [2.45, 2.75) is 71.4 Å². The van der Waals surface area contributed by atoms with Gasteiger partial charge in [0.15, 0.2) is 18.3 Å². The highest BCUT2D eigenvalue weighted by atomic mass is 16.7. The zero-order valence-electron chi connectivity index (χ0n) is 18.0. The predicted octanol–water partition coefficient (Wildman–Crippen LogP) is 1.11. The Balaban J connectivity index is 2.49. The second-order valence-corrected chi connectivity index (χ2v) is 7.24. The van der Waals surface area contributed by atoms with Crippen molar-refractivity contribution in [2.24, 2.45) is 0 Å². The van der Waals surface area contributed by atoms with Crippen LogP contribution in [0.3, 0.4) is 0 Å². The van der Waals surface area contributed by atoms with Gasteiger partial charge in [0.1, 0.15) is 5.75 Å². The molecule has 1 aliphatic rings. The molecule has 1 heterocycles. The molecule has 5 atom stereocenters. The monoisotopic (exact) mass is 437 g/mol. The minimum Gasteiger partial charge on any atom is -0.461 e. The van der Waals surface area contributed by atoms with E-state index in [0.29, 0.717) is 5.75 Å². The summed E-state index contributed by atoms with van der Waals surface area (Å²) in [6.07, 6.45) is -6.76. The molecular formula is C21H27NO9. The van der Waals surface area contributed by atoms with Gasteiger partial charge in [-0.15, -0.1) is 0 Å². The summed E-state index contributed by atoms with van der Waals surface area (Å²) < 4.78 is 27.6. The number of esters is 3. The van der Waals surface area contributed by atoms with Crippen LogP contribution in [0, 0.1) is 0 Å². The van der Waals surface area contributed by atoms with Crippen LogP contribution in [0.2, 0.25) is 0 Å². The number of benzene rings is 1. The maximum atomic E-state index is 12.8. The molecule has 2 rings (SSSR count). The van der Waals surface area contributed by atoms with Crippen LogP contribution in [-0.4, -0.2) is 60.6 Å². The van der Waals surface area contributed by atoms with Gasteiger partial charge in [0, 0.05) is 26.8 Å². The molecule has 0 radical (unpaired) electrons. The van der Waals surface area contributed by atoms with E-state index in [4.69, 9.17) is 23.7 Å². The van der Waals surface area contributed by atoms with Gasteiger partial charge >= 0.3 is 17.9 Å². The lowest BCUT2D eigenvalue weighted by Crippen LogP contribution is -2.66. The Hall–Kier alpha value is -3.14. The maximum absolute atomic E-state index is 12.8. The number of hydrogen-bond donors (Lipinski definition) is 1. The second kappa shape index (κ2) is 10.8. The number of para-hydroxylation sites is 1. The molecule has 1 saturated heterocycles. The van der Waals surface area contributed by atoms with Crippen molar-refractivity contribution in [1.29, 1.82) is 0 Å². The molecule has 0 unspecified atom stereocenters. The van der Waals surface area contributed by atoms with E-state index in [0.717, 1.165) is 20.8 Å². The first kappa shape index (κ1) is 24.1. The van der Waals surface area contributed by atoms with Crippen LogP contribution in [-0.2, 0) is 38.1 Å². The lowest BCUT2D eigenvalue weighted by molar-refractivity contribution is -0.278. The topological polar surface area (TPSA) is 126 Å². The Morgan fingerprint density at radius 1 is 0.839 bits per heavy atom. The van der Waals surface area contributed by atoms with Crippen LogP contribution in [0.25, 0.3) is 0 Å². The van der Waals surface area contributed by atoms with E-state index < -0.39 is 54.5 Å². The Morgan fingerprint density at radius 3 is 1.87 bits per heavy atom. The molecule has 31 heavy (non-hydrogen) atoms. The predicted molar refractivity (Wildman–Crippen MR) is 106 cm³/mol. The molecule has 0 bridgehead atoms. The van der Waals surface area contributed by atoms with Crippen molar-refractivity contribution in [1.82, 2.24) is 5.32 Å². The molecule has 0 spiro atoms. The summed E-state index contributed by atoms with van der Waals surface area (Å²) in [5.41, 5.74) is 0.